The fraction of sp³-hybridized carbons (Fsp3) is 0.833. The molecule has 0 bridgehead atoms. The Morgan fingerprint density at radius 3 is 3.00 bits per heavy atom. The minimum absolute atomic E-state index is 0.0810. The van der Waals surface area contributed by atoms with Gasteiger partial charge in [-0.3, -0.25) is 0 Å². The van der Waals surface area contributed by atoms with Crippen LogP contribution in [0.1, 0.15) is 0 Å². The standard InChI is InChI=1S/C6H11NO3/c1-7-3-5(4-9-2)10-6(7)8/h5H,3-4H2,1-2H3. The molecule has 0 radical (unpaired) electrons. The van der Waals surface area contributed by atoms with E-state index in [1.54, 1.807) is 14.2 Å². The number of ether oxygens (including phenoxy) is 2. The minimum atomic E-state index is -0.262. The number of rotatable bonds is 2. The van der Waals surface area contributed by atoms with E-state index in [-0.39, 0.29) is 12.2 Å². The zero-order valence-corrected chi connectivity index (χ0v) is 6.16. The van der Waals surface area contributed by atoms with Crippen molar-refractivity contribution in [1.29, 1.82) is 0 Å². The fourth-order valence-electron chi connectivity index (χ4n) is 0.922. The first-order valence-electron chi connectivity index (χ1n) is 3.14. The van der Waals surface area contributed by atoms with E-state index in [4.69, 9.17) is 9.47 Å². The van der Waals surface area contributed by atoms with E-state index in [1.807, 2.05) is 0 Å². The zero-order chi connectivity index (χ0) is 7.56. The van der Waals surface area contributed by atoms with Crippen LogP contribution in [0.5, 0.6) is 0 Å². The summed E-state index contributed by atoms with van der Waals surface area (Å²) >= 11 is 0. The number of cyclic esters (lactones) is 1. The van der Waals surface area contributed by atoms with E-state index in [0.717, 1.165) is 0 Å². The smallest absolute Gasteiger partial charge is 0.410 e. The summed E-state index contributed by atoms with van der Waals surface area (Å²) in [5.74, 6) is 0. The Morgan fingerprint density at radius 2 is 2.60 bits per heavy atom. The lowest BCUT2D eigenvalue weighted by Crippen LogP contribution is -2.21. The average molecular weight is 145 g/mol. The molecule has 0 aromatic heterocycles. The summed E-state index contributed by atoms with van der Waals surface area (Å²) < 4.78 is 9.69. The second kappa shape index (κ2) is 2.88. The average Bonchev–Trinajstić information content (AvgIpc) is 2.14. The molecule has 1 rings (SSSR count). The summed E-state index contributed by atoms with van der Waals surface area (Å²) in [5, 5.41) is 0. The Bertz CT molecular complexity index is 137. The van der Waals surface area contributed by atoms with Crippen LogP contribution in [0, 0.1) is 0 Å². The molecule has 4 nitrogen and oxygen atoms in total. The molecule has 58 valence electrons. The van der Waals surface area contributed by atoms with Gasteiger partial charge in [-0.15, -0.1) is 0 Å². The van der Waals surface area contributed by atoms with E-state index in [1.165, 1.54) is 4.90 Å². The molecule has 4 heteroatoms. The van der Waals surface area contributed by atoms with Crippen LogP contribution >= 0.6 is 0 Å². The summed E-state index contributed by atoms with van der Waals surface area (Å²) in [7, 11) is 3.30. The molecule has 1 saturated heterocycles. The van der Waals surface area contributed by atoms with Gasteiger partial charge in [-0.1, -0.05) is 0 Å². The highest BCUT2D eigenvalue weighted by atomic mass is 16.6. The predicted molar refractivity (Wildman–Crippen MR) is 34.8 cm³/mol. The molecule has 1 aliphatic heterocycles. The van der Waals surface area contributed by atoms with E-state index < -0.39 is 0 Å². The van der Waals surface area contributed by atoms with Gasteiger partial charge in [0, 0.05) is 14.2 Å². The molecule has 0 N–H and O–H groups in total. The quantitative estimate of drug-likeness (QED) is 0.552. The lowest BCUT2D eigenvalue weighted by atomic mass is 10.4. The number of carbonyl (C=O) groups excluding carboxylic acids is 1. The first kappa shape index (κ1) is 7.34. The molecule has 0 spiro atoms. The Hall–Kier alpha value is -0.770. The van der Waals surface area contributed by atoms with Crippen LogP contribution in [0.3, 0.4) is 0 Å². The van der Waals surface area contributed by atoms with Crippen LogP contribution in [-0.4, -0.2) is 44.4 Å². The SMILES string of the molecule is COCC1CN(C)C(=O)O1. The third-order valence-electron chi connectivity index (χ3n) is 1.41. The van der Waals surface area contributed by atoms with E-state index in [0.29, 0.717) is 13.2 Å². The molecule has 1 fully saturated rings. The summed E-state index contributed by atoms with van der Waals surface area (Å²) in [6.45, 7) is 1.11. The molecule has 0 saturated carbocycles. The first-order valence-corrected chi connectivity index (χ1v) is 3.14. The molecule has 0 aliphatic carbocycles. The summed E-state index contributed by atoms with van der Waals surface area (Å²) in [5.41, 5.74) is 0. The van der Waals surface area contributed by atoms with Crippen LogP contribution in [-0.2, 0) is 9.47 Å². The van der Waals surface area contributed by atoms with Crippen molar-refractivity contribution in [2.75, 3.05) is 27.3 Å². The minimum Gasteiger partial charge on any atom is -0.442 e. The molecule has 1 amide bonds. The lowest BCUT2D eigenvalue weighted by Gasteiger charge is -2.04. The van der Waals surface area contributed by atoms with Crippen molar-refractivity contribution in [1.82, 2.24) is 4.90 Å². The van der Waals surface area contributed by atoms with Crippen molar-refractivity contribution in [3.05, 3.63) is 0 Å². The normalized spacial score (nSPS) is 25.2. The zero-order valence-electron chi connectivity index (χ0n) is 6.16. The third kappa shape index (κ3) is 1.39. The van der Waals surface area contributed by atoms with Gasteiger partial charge in [0.1, 0.15) is 6.10 Å². The van der Waals surface area contributed by atoms with Crippen molar-refractivity contribution >= 4 is 6.09 Å². The van der Waals surface area contributed by atoms with Crippen molar-refractivity contribution in [2.24, 2.45) is 0 Å². The van der Waals surface area contributed by atoms with Crippen molar-refractivity contribution in [3.8, 4) is 0 Å². The first-order chi connectivity index (χ1) is 4.74. The molecule has 1 heterocycles. The van der Waals surface area contributed by atoms with Gasteiger partial charge in [0.15, 0.2) is 0 Å². The van der Waals surface area contributed by atoms with E-state index >= 15 is 0 Å². The van der Waals surface area contributed by atoms with Gasteiger partial charge in [-0.05, 0) is 0 Å². The lowest BCUT2D eigenvalue weighted by molar-refractivity contribution is 0.0715. The maximum Gasteiger partial charge on any atom is 0.410 e. The summed E-state index contributed by atoms with van der Waals surface area (Å²) in [6.07, 6.45) is -0.343. The molecule has 0 aromatic carbocycles. The maximum absolute atomic E-state index is 10.7. The number of nitrogens with zero attached hydrogens (tertiary/aromatic N) is 1. The molecule has 10 heavy (non-hydrogen) atoms. The number of hydrogen-bond acceptors (Lipinski definition) is 3. The van der Waals surface area contributed by atoms with Crippen molar-refractivity contribution in [2.45, 2.75) is 6.10 Å². The predicted octanol–water partition coefficient (Wildman–Crippen LogP) is 0.0834. The largest absolute Gasteiger partial charge is 0.442 e. The second-order valence-electron chi connectivity index (χ2n) is 2.34. The van der Waals surface area contributed by atoms with Crippen LogP contribution in [0.25, 0.3) is 0 Å². The highest BCUT2D eigenvalue weighted by Crippen LogP contribution is 2.07. The topological polar surface area (TPSA) is 38.8 Å². The maximum atomic E-state index is 10.7. The van der Waals surface area contributed by atoms with Gasteiger partial charge in [0.25, 0.3) is 0 Å². The van der Waals surface area contributed by atoms with Gasteiger partial charge in [-0.2, -0.15) is 0 Å². The molecule has 1 unspecified atom stereocenters. The van der Waals surface area contributed by atoms with Gasteiger partial charge in [-0.25, -0.2) is 4.79 Å². The monoisotopic (exact) mass is 145 g/mol. The Balaban J connectivity index is 2.34. The molecule has 1 aliphatic rings. The highest BCUT2D eigenvalue weighted by molar-refractivity contribution is 5.69. The van der Waals surface area contributed by atoms with Crippen LogP contribution in [0.4, 0.5) is 4.79 Å². The van der Waals surface area contributed by atoms with Crippen LogP contribution in [0.15, 0.2) is 0 Å². The van der Waals surface area contributed by atoms with Crippen LogP contribution in [0.2, 0.25) is 0 Å². The van der Waals surface area contributed by atoms with Crippen LogP contribution < -0.4 is 0 Å². The summed E-state index contributed by atoms with van der Waals surface area (Å²) in [4.78, 5) is 12.2. The summed E-state index contributed by atoms with van der Waals surface area (Å²) in [6, 6.07) is 0. The molecular weight excluding hydrogens is 134 g/mol. The molecule has 0 aromatic rings. The molecule has 1 atom stereocenters. The Morgan fingerprint density at radius 1 is 1.90 bits per heavy atom. The van der Waals surface area contributed by atoms with Gasteiger partial charge in [0.2, 0.25) is 0 Å². The molecular formula is C6H11NO3. The fourth-order valence-corrected chi connectivity index (χ4v) is 0.922. The van der Waals surface area contributed by atoms with Crippen molar-refractivity contribution in [3.63, 3.8) is 0 Å². The van der Waals surface area contributed by atoms with E-state index in [9.17, 15) is 4.79 Å². The van der Waals surface area contributed by atoms with Gasteiger partial charge >= 0.3 is 6.09 Å². The number of carbonyl (C=O) groups is 1. The highest BCUT2D eigenvalue weighted by Gasteiger charge is 2.27. The van der Waals surface area contributed by atoms with Gasteiger partial charge < -0.3 is 14.4 Å². The Kier molecular flexibility index (Phi) is 2.11. The number of likely N-dealkylation sites (N-methyl/N-ethyl adjacent to an activating group) is 1. The number of hydrogen-bond donors (Lipinski definition) is 0. The third-order valence-corrected chi connectivity index (χ3v) is 1.41. The number of methoxy groups -OCH3 is 1. The van der Waals surface area contributed by atoms with E-state index in [2.05, 4.69) is 0 Å². The number of amides is 1. The Labute approximate surface area is 59.7 Å². The second-order valence-corrected chi connectivity index (χ2v) is 2.34. The van der Waals surface area contributed by atoms with Crippen molar-refractivity contribution < 1.29 is 14.3 Å². The van der Waals surface area contributed by atoms with Gasteiger partial charge in [0.05, 0.1) is 13.2 Å².